The van der Waals surface area contributed by atoms with Crippen LogP contribution in [0.2, 0.25) is 0 Å². The molecule has 1 aliphatic rings. The Labute approximate surface area is 270 Å². The van der Waals surface area contributed by atoms with Crippen LogP contribution in [-0.4, -0.2) is 19.6 Å². The highest BCUT2D eigenvalue weighted by Crippen LogP contribution is 2.39. The van der Waals surface area contributed by atoms with Crippen molar-refractivity contribution in [1.29, 1.82) is 0 Å². The zero-order valence-electron chi connectivity index (χ0n) is 25.4. The number of hydrogen-bond donors (Lipinski definition) is 0. The third-order valence-electron chi connectivity index (χ3n) is 7.69. The second kappa shape index (κ2) is 14.5. The molecular weight excluding hydrogens is 655 g/mol. The van der Waals surface area contributed by atoms with E-state index < -0.39 is 64.7 Å². The molecule has 0 amide bonds. The highest BCUT2D eigenvalue weighted by Gasteiger charge is 2.42. The van der Waals surface area contributed by atoms with E-state index in [2.05, 4.69) is 16.4 Å². The summed E-state index contributed by atoms with van der Waals surface area (Å²) < 4.78 is 145. The first kappa shape index (κ1) is 35.1. The first-order valence-corrected chi connectivity index (χ1v) is 15.0. The van der Waals surface area contributed by atoms with Crippen molar-refractivity contribution in [3.63, 3.8) is 0 Å². The predicted octanol–water partition coefficient (Wildman–Crippen LogP) is 10.8. The van der Waals surface area contributed by atoms with Gasteiger partial charge in [0.1, 0.15) is 28.8 Å². The highest BCUT2D eigenvalue weighted by molar-refractivity contribution is 5.71. The maximum absolute atomic E-state index is 15.2. The van der Waals surface area contributed by atoms with Gasteiger partial charge in [0.15, 0.2) is 17.9 Å². The molecule has 4 nitrogen and oxygen atoms in total. The minimum Gasteiger partial charge on any atom is -0.429 e. The number of benzene rings is 4. The van der Waals surface area contributed by atoms with Gasteiger partial charge in [0.2, 0.25) is 0 Å². The van der Waals surface area contributed by atoms with Crippen molar-refractivity contribution in [2.24, 2.45) is 5.92 Å². The average Bonchev–Trinajstić information content (AvgIpc) is 3.01. The maximum atomic E-state index is 15.2. The predicted molar refractivity (Wildman–Crippen MR) is 157 cm³/mol. The molecule has 0 N–H and O–H groups in total. The second-order valence-electron chi connectivity index (χ2n) is 11.3. The average molecular weight is 685 g/mol. The van der Waals surface area contributed by atoms with E-state index in [1.807, 2.05) is 0 Å². The molecule has 48 heavy (non-hydrogen) atoms. The lowest BCUT2D eigenvalue weighted by Crippen LogP contribution is -2.27. The highest BCUT2D eigenvalue weighted by atomic mass is 19.4. The van der Waals surface area contributed by atoms with Crippen LogP contribution in [0.25, 0.3) is 22.3 Å². The van der Waals surface area contributed by atoms with Crippen LogP contribution in [-0.2, 0) is 15.6 Å². The van der Waals surface area contributed by atoms with Crippen molar-refractivity contribution in [2.45, 2.75) is 51.4 Å². The summed E-state index contributed by atoms with van der Waals surface area (Å²) in [6.45, 7) is 3.33. The molecule has 1 aliphatic heterocycles. The van der Waals surface area contributed by atoms with E-state index in [1.165, 1.54) is 12.1 Å². The van der Waals surface area contributed by atoms with Gasteiger partial charge in [-0.05, 0) is 53.4 Å². The second-order valence-corrected chi connectivity index (χ2v) is 11.3. The van der Waals surface area contributed by atoms with Crippen molar-refractivity contribution in [2.75, 3.05) is 13.2 Å². The topological polar surface area (TPSA) is 36.9 Å². The van der Waals surface area contributed by atoms with Crippen LogP contribution < -0.4 is 9.47 Å². The fourth-order valence-electron chi connectivity index (χ4n) is 5.31. The molecule has 0 aromatic heterocycles. The number of ether oxygens (including phenoxy) is 4. The molecule has 4 aromatic rings. The number of alkyl halides is 5. The lowest BCUT2D eigenvalue weighted by Gasteiger charge is -2.29. The molecule has 0 saturated carbocycles. The fraction of sp³-hybridized carbons (Fsp3) is 0.314. The Bertz CT molecular complexity index is 1690. The number of unbranched alkanes of at least 4 members (excludes halogenated alkanes) is 2. The molecule has 0 bridgehead atoms. The van der Waals surface area contributed by atoms with Crippen molar-refractivity contribution < 1.29 is 58.5 Å². The quantitative estimate of drug-likeness (QED) is 0.116. The smallest absolute Gasteiger partial charge is 0.429 e. The Morgan fingerprint density at radius 2 is 1.29 bits per heavy atom. The molecule has 1 fully saturated rings. The lowest BCUT2D eigenvalue weighted by molar-refractivity contribution is -0.275. The van der Waals surface area contributed by atoms with E-state index in [-0.39, 0.29) is 11.6 Å². The van der Waals surface area contributed by atoms with Crippen molar-refractivity contribution in [1.82, 2.24) is 0 Å². The number of rotatable bonds is 11. The Morgan fingerprint density at radius 1 is 0.667 bits per heavy atom. The molecule has 0 atom stereocenters. The van der Waals surface area contributed by atoms with Crippen LogP contribution in [0.4, 0.5) is 39.5 Å². The third kappa shape index (κ3) is 8.43. The van der Waals surface area contributed by atoms with Crippen molar-refractivity contribution >= 4 is 0 Å². The summed E-state index contributed by atoms with van der Waals surface area (Å²) in [5, 5.41) is 0. The van der Waals surface area contributed by atoms with Crippen LogP contribution >= 0.6 is 0 Å². The molecular formula is C35H29F9O4. The zero-order chi connectivity index (χ0) is 34.6. The van der Waals surface area contributed by atoms with Gasteiger partial charge in [-0.3, -0.25) is 0 Å². The fourth-order valence-corrected chi connectivity index (χ4v) is 5.31. The molecule has 13 heteroatoms. The van der Waals surface area contributed by atoms with Crippen LogP contribution in [0.5, 0.6) is 11.5 Å². The molecule has 0 aliphatic carbocycles. The largest absolute Gasteiger partial charge is 0.573 e. The van der Waals surface area contributed by atoms with Crippen LogP contribution in [0.3, 0.4) is 0 Å². The summed E-state index contributed by atoms with van der Waals surface area (Å²) in [5.41, 5.74) is -0.728. The van der Waals surface area contributed by atoms with E-state index in [4.69, 9.17) is 9.47 Å². The van der Waals surface area contributed by atoms with Gasteiger partial charge >= 0.3 is 12.5 Å². The molecule has 1 heterocycles. The van der Waals surface area contributed by atoms with E-state index in [0.717, 1.165) is 37.3 Å². The molecule has 0 spiro atoms. The minimum absolute atomic E-state index is 0.131. The number of halogens is 9. The van der Waals surface area contributed by atoms with E-state index in [1.54, 1.807) is 24.3 Å². The van der Waals surface area contributed by atoms with Crippen molar-refractivity contribution in [3.8, 4) is 33.8 Å². The Kier molecular flexibility index (Phi) is 10.6. The minimum atomic E-state index is -5.26. The first-order valence-electron chi connectivity index (χ1n) is 15.0. The van der Waals surface area contributed by atoms with Gasteiger partial charge in [0.05, 0.1) is 13.2 Å². The molecule has 0 radical (unpaired) electrons. The van der Waals surface area contributed by atoms with Crippen molar-refractivity contribution in [3.05, 3.63) is 107 Å². The lowest BCUT2D eigenvalue weighted by atomic mass is 9.97. The molecule has 256 valence electrons. The maximum Gasteiger partial charge on any atom is 0.573 e. The summed E-state index contributed by atoms with van der Waals surface area (Å²) in [6.07, 6.45) is -6.06. The molecule has 4 aromatic carbocycles. The molecule has 5 rings (SSSR count). The van der Waals surface area contributed by atoms with Gasteiger partial charge in [-0.25, -0.2) is 17.6 Å². The van der Waals surface area contributed by atoms with Gasteiger partial charge in [0.25, 0.3) is 0 Å². The summed E-state index contributed by atoms with van der Waals surface area (Å²) in [4.78, 5) is 0. The zero-order valence-corrected chi connectivity index (χ0v) is 25.4. The van der Waals surface area contributed by atoms with E-state index >= 15 is 4.39 Å². The first-order chi connectivity index (χ1) is 22.7. The summed E-state index contributed by atoms with van der Waals surface area (Å²) >= 11 is 0. The van der Waals surface area contributed by atoms with Gasteiger partial charge in [-0.1, -0.05) is 62.6 Å². The Hall–Kier alpha value is -4.23. The molecule has 1 saturated heterocycles. The number of hydrogen-bond acceptors (Lipinski definition) is 4. The van der Waals surface area contributed by atoms with Gasteiger partial charge < -0.3 is 18.9 Å². The third-order valence-corrected chi connectivity index (χ3v) is 7.69. The van der Waals surface area contributed by atoms with Gasteiger partial charge in [-0.15, -0.1) is 13.2 Å². The standard InChI is InChI=1S/C35H29F9O4/c1-2-3-4-5-20-18-45-33(46-19-20)22-8-6-21(7-9-22)23-10-12-26(27(36)14-23)24-15-29(38)32(30(39)16-24)34(40,41)47-25-11-13-31(28(37)17-25)48-35(42,43)44/h6-17,20,33H,2-5,18-19H2,1H3. The van der Waals surface area contributed by atoms with Crippen LogP contribution in [0, 0.1) is 29.2 Å². The van der Waals surface area contributed by atoms with Gasteiger partial charge in [0, 0.05) is 23.1 Å². The Balaban J connectivity index is 1.28. The van der Waals surface area contributed by atoms with Crippen LogP contribution in [0.1, 0.15) is 50.0 Å². The normalized spacial score (nSPS) is 17.0. The monoisotopic (exact) mass is 684 g/mol. The van der Waals surface area contributed by atoms with E-state index in [0.29, 0.717) is 54.5 Å². The summed E-state index contributed by atoms with van der Waals surface area (Å²) in [6, 6.07) is 12.8. The van der Waals surface area contributed by atoms with Gasteiger partial charge in [-0.2, -0.15) is 8.78 Å². The summed E-state index contributed by atoms with van der Waals surface area (Å²) in [7, 11) is 0. The van der Waals surface area contributed by atoms with Crippen LogP contribution in [0.15, 0.2) is 72.8 Å². The SMILES string of the molecule is CCCCCC1COC(c2ccc(-c3ccc(-c4cc(F)c(C(F)(F)Oc5ccc(OC(F)(F)F)c(F)c5)c(F)c4)c(F)c3)cc2)OC1. The molecule has 0 unspecified atom stereocenters. The van der Waals surface area contributed by atoms with E-state index in [9.17, 15) is 35.1 Å². The Morgan fingerprint density at radius 3 is 1.88 bits per heavy atom. The summed E-state index contributed by atoms with van der Waals surface area (Å²) in [5.74, 6) is -8.27.